The van der Waals surface area contributed by atoms with Crippen molar-refractivity contribution in [3.63, 3.8) is 0 Å². The first-order valence-electron chi connectivity index (χ1n) is 10.3. The molecule has 0 saturated heterocycles. The highest BCUT2D eigenvalue weighted by Crippen LogP contribution is 2.15. The van der Waals surface area contributed by atoms with Crippen LogP contribution in [0, 0.1) is 0 Å². The van der Waals surface area contributed by atoms with Crippen molar-refractivity contribution in [3.8, 4) is 0 Å². The summed E-state index contributed by atoms with van der Waals surface area (Å²) in [5.41, 5.74) is 0.498. The highest BCUT2D eigenvalue weighted by atomic mass is 16.5. The Morgan fingerprint density at radius 3 is 2.65 bits per heavy atom. The lowest BCUT2D eigenvalue weighted by molar-refractivity contribution is 0.0452. The molecule has 0 aliphatic heterocycles. The van der Waals surface area contributed by atoms with E-state index in [2.05, 4.69) is 15.0 Å². The number of imidazole rings is 1. The molecule has 0 saturated carbocycles. The molecule has 1 aromatic carbocycles. The second-order valence-electron chi connectivity index (χ2n) is 7.17. The third kappa shape index (κ3) is 3.86. The largest absolute Gasteiger partial charge is 0.453 e. The number of pyridine rings is 1. The summed E-state index contributed by atoms with van der Waals surface area (Å²) in [6, 6.07) is 10.9. The SMILES string of the molecule is CCCCn1c(=O)[nH]c(=O)c2c1nc(COC(=O)c1ccc3ccccc3n1)n2CC. The highest BCUT2D eigenvalue weighted by Gasteiger charge is 2.19. The fourth-order valence-electron chi connectivity index (χ4n) is 3.58. The van der Waals surface area contributed by atoms with E-state index in [1.54, 1.807) is 10.6 Å². The van der Waals surface area contributed by atoms with Crippen LogP contribution in [0.25, 0.3) is 22.1 Å². The summed E-state index contributed by atoms with van der Waals surface area (Å²) in [6.45, 7) is 4.62. The first-order chi connectivity index (χ1) is 15.0. The second kappa shape index (κ2) is 8.55. The van der Waals surface area contributed by atoms with Gasteiger partial charge >= 0.3 is 11.7 Å². The van der Waals surface area contributed by atoms with E-state index in [0.29, 0.717) is 35.6 Å². The number of nitrogens with one attached hydrogen (secondary N) is 1. The third-order valence-corrected chi connectivity index (χ3v) is 5.16. The Labute approximate surface area is 177 Å². The summed E-state index contributed by atoms with van der Waals surface area (Å²) in [4.78, 5) is 48.5. The van der Waals surface area contributed by atoms with Crippen molar-refractivity contribution in [1.82, 2.24) is 24.1 Å². The number of nitrogens with zero attached hydrogens (tertiary/aromatic N) is 4. The predicted octanol–water partition coefficient (Wildman–Crippen LogP) is 2.61. The number of rotatable bonds is 7. The van der Waals surface area contributed by atoms with Crippen molar-refractivity contribution in [2.24, 2.45) is 0 Å². The molecule has 0 bridgehead atoms. The third-order valence-electron chi connectivity index (χ3n) is 5.16. The standard InChI is InChI=1S/C22H23N5O4/c1-3-5-12-27-19-18(20(28)25-22(27)30)26(4-2)17(24-19)13-31-21(29)16-11-10-14-8-6-7-9-15(14)23-16/h6-11H,3-5,12-13H2,1-2H3,(H,25,28,30). The molecule has 3 heterocycles. The van der Waals surface area contributed by atoms with Crippen molar-refractivity contribution < 1.29 is 9.53 Å². The number of carbonyl (C=O) groups is 1. The van der Waals surface area contributed by atoms with E-state index >= 15 is 0 Å². The predicted molar refractivity (Wildman–Crippen MR) is 116 cm³/mol. The maximum Gasteiger partial charge on any atom is 0.357 e. The normalized spacial score (nSPS) is 11.3. The van der Waals surface area contributed by atoms with Crippen LogP contribution in [-0.4, -0.2) is 30.1 Å². The summed E-state index contributed by atoms with van der Waals surface area (Å²) in [7, 11) is 0. The first kappa shape index (κ1) is 20.5. The van der Waals surface area contributed by atoms with Gasteiger partial charge in [0.05, 0.1) is 5.52 Å². The summed E-state index contributed by atoms with van der Waals surface area (Å²) < 4.78 is 8.57. The minimum Gasteiger partial charge on any atom is -0.453 e. The van der Waals surface area contributed by atoms with E-state index in [1.807, 2.05) is 44.2 Å². The van der Waals surface area contributed by atoms with Crippen LogP contribution < -0.4 is 11.2 Å². The Morgan fingerprint density at radius 2 is 1.87 bits per heavy atom. The molecule has 4 rings (SSSR count). The van der Waals surface area contributed by atoms with Gasteiger partial charge in [0, 0.05) is 18.5 Å². The average Bonchev–Trinajstić information content (AvgIpc) is 3.15. The Balaban J connectivity index is 1.65. The van der Waals surface area contributed by atoms with Gasteiger partial charge in [-0.15, -0.1) is 0 Å². The quantitative estimate of drug-likeness (QED) is 0.459. The highest BCUT2D eigenvalue weighted by molar-refractivity contribution is 5.91. The van der Waals surface area contributed by atoms with Crippen LogP contribution in [0.1, 0.15) is 43.0 Å². The second-order valence-corrected chi connectivity index (χ2v) is 7.17. The molecule has 0 amide bonds. The van der Waals surface area contributed by atoms with E-state index < -0.39 is 17.2 Å². The van der Waals surface area contributed by atoms with Gasteiger partial charge < -0.3 is 9.30 Å². The molecule has 9 nitrogen and oxygen atoms in total. The van der Waals surface area contributed by atoms with Crippen LogP contribution in [0.4, 0.5) is 0 Å². The first-order valence-corrected chi connectivity index (χ1v) is 10.3. The maximum atomic E-state index is 12.6. The van der Waals surface area contributed by atoms with E-state index in [1.165, 1.54) is 4.57 Å². The minimum absolute atomic E-state index is 0.142. The number of aromatic nitrogens is 5. The molecule has 160 valence electrons. The molecule has 9 heteroatoms. The molecule has 3 aromatic heterocycles. The van der Waals surface area contributed by atoms with Gasteiger partial charge in [0.2, 0.25) is 0 Å². The number of carbonyl (C=O) groups excluding carboxylic acids is 1. The zero-order chi connectivity index (χ0) is 22.0. The van der Waals surface area contributed by atoms with Gasteiger partial charge in [-0.3, -0.25) is 14.3 Å². The van der Waals surface area contributed by atoms with Crippen molar-refractivity contribution in [2.75, 3.05) is 0 Å². The lowest BCUT2D eigenvalue weighted by Crippen LogP contribution is -2.31. The van der Waals surface area contributed by atoms with Crippen LogP contribution in [0.15, 0.2) is 46.0 Å². The molecule has 1 N–H and O–H groups in total. The molecule has 0 atom stereocenters. The Bertz CT molecular complexity index is 1380. The molecule has 31 heavy (non-hydrogen) atoms. The summed E-state index contributed by atoms with van der Waals surface area (Å²) in [5, 5.41) is 0.927. The number of esters is 1. The lowest BCUT2D eigenvalue weighted by atomic mass is 10.2. The molecule has 0 fully saturated rings. The van der Waals surface area contributed by atoms with Crippen molar-refractivity contribution in [1.29, 1.82) is 0 Å². The van der Waals surface area contributed by atoms with Gasteiger partial charge in [0.1, 0.15) is 18.1 Å². The van der Waals surface area contributed by atoms with E-state index in [0.717, 1.165) is 18.2 Å². The lowest BCUT2D eigenvalue weighted by Gasteiger charge is -2.07. The fraction of sp³-hybridized carbons (Fsp3) is 0.318. The molecule has 0 unspecified atom stereocenters. The number of ether oxygens (including phenoxy) is 1. The van der Waals surface area contributed by atoms with Crippen LogP contribution in [0.5, 0.6) is 0 Å². The van der Waals surface area contributed by atoms with E-state index in [9.17, 15) is 14.4 Å². The molecule has 0 radical (unpaired) electrons. The Morgan fingerprint density at radius 1 is 1.06 bits per heavy atom. The Hall–Kier alpha value is -3.75. The number of aromatic amines is 1. The summed E-state index contributed by atoms with van der Waals surface area (Å²) >= 11 is 0. The van der Waals surface area contributed by atoms with E-state index in [4.69, 9.17) is 4.74 Å². The number of para-hydroxylation sites is 1. The van der Waals surface area contributed by atoms with Gasteiger partial charge in [-0.2, -0.15) is 0 Å². The monoisotopic (exact) mass is 421 g/mol. The van der Waals surface area contributed by atoms with Crippen LogP contribution in [0.2, 0.25) is 0 Å². The van der Waals surface area contributed by atoms with Crippen LogP contribution in [-0.2, 0) is 24.4 Å². The Kier molecular flexibility index (Phi) is 5.66. The van der Waals surface area contributed by atoms with Crippen LogP contribution >= 0.6 is 0 Å². The van der Waals surface area contributed by atoms with Gasteiger partial charge in [-0.25, -0.2) is 19.6 Å². The molecular weight excluding hydrogens is 398 g/mol. The summed E-state index contributed by atoms with van der Waals surface area (Å²) in [5.74, 6) is -0.189. The minimum atomic E-state index is -0.585. The molecule has 4 aromatic rings. The molecule has 0 spiro atoms. The smallest absolute Gasteiger partial charge is 0.357 e. The van der Waals surface area contributed by atoms with Crippen LogP contribution in [0.3, 0.4) is 0 Å². The van der Waals surface area contributed by atoms with Crippen molar-refractivity contribution in [2.45, 2.75) is 46.4 Å². The van der Waals surface area contributed by atoms with E-state index in [-0.39, 0.29) is 12.3 Å². The zero-order valence-electron chi connectivity index (χ0n) is 17.4. The number of hydrogen-bond acceptors (Lipinski definition) is 6. The van der Waals surface area contributed by atoms with Crippen molar-refractivity contribution in [3.05, 3.63) is 68.8 Å². The number of hydrogen-bond donors (Lipinski definition) is 1. The van der Waals surface area contributed by atoms with Crippen molar-refractivity contribution >= 4 is 28.0 Å². The maximum absolute atomic E-state index is 12.6. The number of fused-ring (bicyclic) bond motifs is 2. The number of H-pyrrole nitrogens is 1. The molecule has 0 aliphatic carbocycles. The number of aryl methyl sites for hydroxylation is 2. The average molecular weight is 421 g/mol. The fourth-order valence-corrected chi connectivity index (χ4v) is 3.58. The topological polar surface area (TPSA) is 112 Å². The summed E-state index contributed by atoms with van der Waals surface area (Å²) in [6.07, 6.45) is 1.67. The number of unbranched alkanes of at least 4 members (excludes halogenated alkanes) is 1. The zero-order valence-corrected chi connectivity index (χ0v) is 17.4. The van der Waals surface area contributed by atoms with Gasteiger partial charge in [0.25, 0.3) is 5.56 Å². The van der Waals surface area contributed by atoms with Gasteiger partial charge in [0.15, 0.2) is 11.2 Å². The molecule has 0 aliphatic rings. The number of benzene rings is 1. The molecular formula is C22H23N5O4. The van der Waals surface area contributed by atoms with Gasteiger partial charge in [-0.1, -0.05) is 37.6 Å². The van der Waals surface area contributed by atoms with Gasteiger partial charge in [-0.05, 0) is 25.5 Å².